The zero-order valence-corrected chi connectivity index (χ0v) is 15.7. The number of esters is 1. The Hall–Kier alpha value is -3.03. The van der Waals surface area contributed by atoms with Crippen molar-refractivity contribution >= 4 is 21.9 Å². The summed E-state index contributed by atoms with van der Waals surface area (Å²) in [5.74, 6) is 0.0729. The molecule has 2 rings (SSSR count). The number of halogens is 1. The lowest BCUT2D eigenvalue weighted by molar-refractivity contribution is -0.141. The SMILES string of the molecule is CCOc1cc(C#N)cc(Br)c1OC(=O)C(C)Oc1ccccc1C#N. The highest BCUT2D eigenvalue weighted by atomic mass is 79.9. The van der Waals surface area contributed by atoms with E-state index in [0.29, 0.717) is 28.0 Å². The molecule has 1 unspecified atom stereocenters. The van der Waals surface area contributed by atoms with Crippen LogP contribution in [0.1, 0.15) is 25.0 Å². The van der Waals surface area contributed by atoms with Gasteiger partial charge in [0.05, 0.1) is 28.3 Å². The van der Waals surface area contributed by atoms with Gasteiger partial charge in [-0.3, -0.25) is 0 Å². The highest BCUT2D eigenvalue weighted by Crippen LogP contribution is 2.37. The van der Waals surface area contributed by atoms with Crippen LogP contribution < -0.4 is 14.2 Å². The summed E-state index contributed by atoms with van der Waals surface area (Å²) in [6.45, 7) is 3.64. The van der Waals surface area contributed by atoms with E-state index < -0.39 is 12.1 Å². The molecule has 132 valence electrons. The number of nitriles is 2. The third-order valence-electron chi connectivity index (χ3n) is 3.28. The molecule has 2 aromatic rings. The third-order valence-corrected chi connectivity index (χ3v) is 3.87. The van der Waals surface area contributed by atoms with Gasteiger partial charge in [-0.15, -0.1) is 0 Å². The molecule has 2 aromatic carbocycles. The lowest BCUT2D eigenvalue weighted by Crippen LogP contribution is -2.29. The normalized spacial score (nSPS) is 11.0. The molecular weight excluding hydrogens is 400 g/mol. The summed E-state index contributed by atoms with van der Waals surface area (Å²) in [5.41, 5.74) is 0.689. The summed E-state index contributed by atoms with van der Waals surface area (Å²) in [4.78, 5) is 12.4. The van der Waals surface area contributed by atoms with Crippen LogP contribution in [-0.2, 0) is 4.79 Å². The number of hydrogen-bond acceptors (Lipinski definition) is 6. The Bertz CT molecular complexity index is 899. The van der Waals surface area contributed by atoms with Crippen molar-refractivity contribution < 1.29 is 19.0 Å². The molecule has 26 heavy (non-hydrogen) atoms. The van der Waals surface area contributed by atoms with E-state index in [0.717, 1.165) is 0 Å². The molecule has 7 heteroatoms. The monoisotopic (exact) mass is 414 g/mol. The summed E-state index contributed by atoms with van der Waals surface area (Å²) >= 11 is 3.28. The maximum Gasteiger partial charge on any atom is 0.352 e. The topological polar surface area (TPSA) is 92.3 Å². The first-order chi connectivity index (χ1) is 12.5. The Morgan fingerprint density at radius 1 is 1.19 bits per heavy atom. The molecule has 0 saturated heterocycles. The predicted octanol–water partition coefficient (Wildman–Crippen LogP) is 3.96. The van der Waals surface area contributed by atoms with E-state index in [1.165, 1.54) is 19.1 Å². The van der Waals surface area contributed by atoms with Crippen molar-refractivity contribution in [2.24, 2.45) is 0 Å². The summed E-state index contributed by atoms with van der Waals surface area (Å²) < 4.78 is 16.8. The van der Waals surface area contributed by atoms with E-state index in [-0.39, 0.29) is 11.5 Å². The lowest BCUT2D eigenvalue weighted by Gasteiger charge is -2.17. The highest BCUT2D eigenvalue weighted by Gasteiger charge is 2.22. The largest absolute Gasteiger partial charge is 0.490 e. The van der Waals surface area contributed by atoms with E-state index >= 15 is 0 Å². The van der Waals surface area contributed by atoms with Crippen molar-refractivity contribution in [2.75, 3.05) is 6.61 Å². The highest BCUT2D eigenvalue weighted by molar-refractivity contribution is 9.10. The molecule has 0 aliphatic rings. The fraction of sp³-hybridized carbons (Fsp3) is 0.211. The van der Waals surface area contributed by atoms with Gasteiger partial charge in [-0.1, -0.05) is 12.1 Å². The number of hydrogen-bond donors (Lipinski definition) is 0. The number of carbonyl (C=O) groups is 1. The van der Waals surface area contributed by atoms with Crippen LogP contribution in [0.5, 0.6) is 17.2 Å². The minimum absolute atomic E-state index is 0.167. The maximum absolute atomic E-state index is 12.4. The zero-order chi connectivity index (χ0) is 19.1. The van der Waals surface area contributed by atoms with Crippen LogP contribution in [0.15, 0.2) is 40.9 Å². The van der Waals surface area contributed by atoms with Crippen molar-refractivity contribution in [3.8, 4) is 29.4 Å². The van der Waals surface area contributed by atoms with Crippen molar-refractivity contribution in [2.45, 2.75) is 20.0 Å². The minimum Gasteiger partial charge on any atom is -0.490 e. The van der Waals surface area contributed by atoms with Gasteiger partial charge in [0.25, 0.3) is 0 Å². The minimum atomic E-state index is -0.957. The molecule has 0 saturated carbocycles. The number of ether oxygens (including phenoxy) is 3. The number of carbonyl (C=O) groups excluding carboxylic acids is 1. The molecule has 0 radical (unpaired) electrons. The number of nitrogens with zero attached hydrogens (tertiary/aromatic N) is 2. The first-order valence-corrected chi connectivity index (χ1v) is 8.53. The molecule has 0 heterocycles. The van der Waals surface area contributed by atoms with E-state index in [9.17, 15) is 4.79 Å². The first kappa shape index (κ1) is 19.3. The molecule has 0 bridgehead atoms. The fourth-order valence-electron chi connectivity index (χ4n) is 2.08. The third kappa shape index (κ3) is 4.53. The zero-order valence-electron chi connectivity index (χ0n) is 14.2. The van der Waals surface area contributed by atoms with Crippen LogP contribution in [0.2, 0.25) is 0 Å². The van der Waals surface area contributed by atoms with Crippen molar-refractivity contribution in [3.63, 3.8) is 0 Å². The van der Waals surface area contributed by atoms with Gasteiger partial charge in [-0.2, -0.15) is 10.5 Å². The standard InChI is InChI=1S/C19H15BrN2O4/c1-3-24-17-9-13(10-21)8-15(20)18(17)26-19(23)12(2)25-16-7-5-4-6-14(16)11-22/h4-9,12H,3H2,1-2H3. The molecule has 0 aliphatic heterocycles. The van der Waals surface area contributed by atoms with Crippen LogP contribution in [0.3, 0.4) is 0 Å². The van der Waals surface area contributed by atoms with Gasteiger partial charge in [0.1, 0.15) is 11.8 Å². The smallest absolute Gasteiger partial charge is 0.352 e. The summed E-state index contributed by atoms with van der Waals surface area (Å²) in [6.07, 6.45) is -0.957. The Kier molecular flexibility index (Phi) is 6.60. The van der Waals surface area contributed by atoms with Crippen molar-refractivity contribution in [1.29, 1.82) is 10.5 Å². The van der Waals surface area contributed by atoms with Gasteiger partial charge in [0, 0.05) is 6.07 Å². The Morgan fingerprint density at radius 2 is 1.92 bits per heavy atom. The van der Waals surface area contributed by atoms with E-state index in [2.05, 4.69) is 15.9 Å². The molecule has 1 atom stereocenters. The van der Waals surface area contributed by atoms with Crippen LogP contribution in [0.25, 0.3) is 0 Å². The molecule has 6 nitrogen and oxygen atoms in total. The summed E-state index contributed by atoms with van der Waals surface area (Å²) in [6, 6.07) is 13.6. The number of rotatable bonds is 6. The Labute approximate surface area is 159 Å². The molecule has 0 N–H and O–H groups in total. The molecule has 0 aliphatic carbocycles. The van der Waals surface area contributed by atoms with E-state index in [1.54, 1.807) is 31.2 Å². The molecule has 0 amide bonds. The van der Waals surface area contributed by atoms with E-state index in [4.69, 9.17) is 24.7 Å². The van der Waals surface area contributed by atoms with Gasteiger partial charge in [-0.25, -0.2) is 4.79 Å². The second kappa shape index (κ2) is 8.89. The van der Waals surface area contributed by atoms with Crippen LogP contribution in [-0.4, -0.2) is 18.7 Å². The van der Waals surface area contributed by atoms with Crippen molar-refractivity contribution in [3.05, 3.63) is 52.0 Å². The summed E-state index contributed by atoms with van der Waals surface area (Å²) in [7, 11) is 0. The quantitative estimate of drug-likeness (QED) is 0.524. The molecule has 0 spiro atoms. The van der Waals surface area contributed by atoms with Gasteiger partial charge in [0.15, 0.2) is 17.6 Å². The molecule has 0 aromatic heterocycles. The van der Waals surface area contributed by atoms with Crippen LogP contribution in [0, 0.1) is 22.7 Å². The second-order valence-electron chi connectivity index (χ2n) is 5.12. The average molecular weight is 415 g/mol. The fourth-order valence-corrected chi connectivity index (χ4v) is 2.60. The van der Waals surface area contributed by atoms with E-state index in [1.807, 2.05) is 12.1 Å². The van der Waals surface area contributed by atoms with Gasteiger partial charge in [-0.05, 0) is 48.0 Å². The maximum atomic E-state index is 12.4. The number of para-hydroxylation sites is 1. The summed E-state index contributed by atoms with van der Waals surface area (Å²) in [5, 5.41) is 18.1. The molecular formula is C19H15BrN2O4. The Balaban J connectivity index is 2.21. The Morgan fingerprint density at radius 3 is 2.58 bits per heavy atom. The first-order valence-electron chi connectivity index (χ1n) is 7.74. The second-order valence-corrected chi connectivity index (χ2v) is 5.97. The molecule has 0 fully saturated rings. The predicted molar refractivity (Wildman–Crippen MR) is 96.9 cm³/mol. The van der Waals surface area contributed by atoms with Crippen LogP contribution >= 0.6 is 15.9 Å². The average Bonchev–Trinajstić information content (AvgIpc) is 2.64. The van der Waals surface area contributed by atoms with Crippen molar-refractivity contribution in [1.82, 2.24) is 0 Å². The van der Waals surface area contributed by atoms with Gasteiger partial charge in [0.2, 0.25) is 0 Å². The van der Waals surface area contributed by atoms with Gasteiger partial charge >= 0.3 is 5.97 Å². The van der Waals surface area contributed by atoms with Gasteiger partial charge < -0.3 is 14.2 Å². The van der Waals surface area contributed by atoms with Crippen LogP contribution in [0.4, 0.5) is 0 Å². The number of benzene rings is 2. The lowest BCUT2D eigenvalue weighted by atomic mass is 10.2.